The lowest BCUT2D eigenvalue weighted by atomic mass is 9.98. The number of fused-ring (bicyclic) bond motifs is 1. The van der Waals surface area contributed by atoms with E-state index in [0.717, 1.165) is 0 Å². The van der Waals surface area contributed by atoms with Gasteiger partial charge < -0.3 is 21.1 Å². The van der Waals surface area contributed by atoms with Crippen LogP contribution >= 0.6 is 0 Å². The van der Waals surface area contributed by atoms with E-state index in [-0.39, 0.29) is 18.7 Å². The summed E-state index contributed by atoms with van der Waals surface area (Å²) >= 11 is 0. The maximum atomic E-state index is 11.1. The summed E-state index contributed by atoms with van der Waals surface area (Å²) in [6.45, 7) is -0.0133. The van der Waals surface area contributed by atoms with Crippen molar-refractivity contribution in [3.8, 4) is 0 Å². The van der Waals surface area contributed by atoms with Crippen molar-refractivity contribution >= 4 is 28.2 Å². The highest BCUT2D eigenvalue weighted by molar-refractivity contribution is 6.00. The molecule has 0 saturated carbocycles. The number of aryl methyl sites for hydroxylation is 1. The number of hydrogen-bond acceptors (Lipinski definition) is 5. The average molecular weight is 292 g/mol. The van der Waals surface area contributed by atoms with Gasteiger partial charge in [-0.2, -0.15) is 0 Å². The van der Waals surface area contributed by atoms with E-state index in [2.05, 4.69) is 0 Å². The fraction of sp³-hybridized carbons (Fsp3) is 0.308. The SMILES string of the molecule is Cn1cc(CC(CN)C(=O)O)c2c(N)ccc([N+](=O)[O-])c21. The summed E-state index contributed by atoms with van der Waals surface area (Å²) in [4.78, 5) is 21.7. The molecule has 112 valence electrons. The summed E-state index contributed by atoms with van der Waals surface area (Å²) in [6, 6.07) is 2.81. The van der Waals surface area contributed by atoms with Crippen LogP contribution in [0.5, 0.6) is 0 Å². The van der Waals surface area contributed by atoms with E-state index in [1.165, 1.54) is 12.1 Å². The Bertz CT molecular complexity index is 723. The number of nitro benzene ring substituents is 1. The van der Waals surface area contributed by atoms with Crippen LogP contribution in [0.2, 0.25) is 0 Å². The first-order valence-corrected chi connectivity index (χ1v) is 6.30. The Balaban J connectivity index is 2.64. The smallest absolute Gasteiger partial charge is 0.308 e. The molecule has 0 aliphatic heterocycles. The molecule has 1 atom stereocenters. The Morgan fingerprint density at radius 2 is 2.19 bits per heavy atom. The van der Waals surface area contributed by atoms with Crippen LogP contribution < -0.4 is 11.5 Å². The lowest BCUT2D eigenvalue weighted by Gasteiger charge is -2.09. The number of benzene rings is 1. The molecule has 8 nitrogen and oxygen atoms in total. The largest absolute Gasteiger partial charge is 0.481 e. The third kappa shape index (κ3) is 2.52. The molecule has 0 spiro atoms. The predicted octanol–water partition coefficient (Wildman–Crippen LogP) is 0.871. The second-order valence-corrected chi connectivity index (χ2v) is 4.89. The minimum atomic E-state index is -1.00. The first-order chi connectivity index (χ1) is 9.86. The van der Waals surface area contributed by atoms with Gasteiger partial charge >= 0.3 is 5.97 Å². The summed E-state index contributed by atoms with van der Waals surface area (Å²) in [5.41, 5.74) is 12.7. The molecule has 0 fully saturated rings. The molecule has 21 heavy (non-hydrogen) atoms. The summed E-state index contributed by atoms with van der Waals surface area (Å²) in [7, 11) is 1.66. The van der Waals surface area contributed by atoms with Crippen molar-refractivity contribution in [2.75, 3.05) is 12.3 Å². The monoisotopic (exact) mass is 292 g/mol. The quantitative estimate of drug-likeness (QED) is 0.424. The van der Waals surface area contributed by atoms with Crippen molar-refractivity contribution in [1.82, 2.24) is 4.57 Å². The van der Waals surface area contributed by atoms with Crippen molar-refractivity contribution in [3.63, 3.8) is 0 Å². The van der Waals surface area contributed by atoms with Crippen molar-refractivity contribution in [2.24, 2.45) is 18.7 Å². The standard InChI is InChI=1S/C13H16N4O4/c1-16-6-8(4-7(5-14)13(18)19)11-9(15)2-3-10(12(11)16)17(20)21/h2-3,6-7H,4-5,14-15H2,1H3,(H,18,19). The Morgan fingerprint density at radius 1 is 1.52 bits per heavy atom. The number of aliphatic carboxylic acids is 1. The minimum absolute atomic E-state index is 0.0133. The maximum absolute atomic E-state index is 11.1. The van der Waals surface area contributed by atoms with Gasteiger partial charge in [0.25, 0.3) is 5.69 Å². The van der Waals surface area contributed by atoms with Crippen LogP contribution in [0, 0.1) is 16.0 Å². The molecule has 1 heterocycles. The number of rotatable bonds is 5. The number of aromatic nitrogens is 1. The van der Waals surface area contributed by atoms with Gasteiger partial charge in [-0.05, 0) is 18.1 Å². The number of carboxylic acids is 1. The topological polar surface area (TPSA) is 137 Å². The van der Waals surface area contributed by atoms with Crippen LogP contribution in [0.25, 0.3) is 10.9 Å². The molecule has 1 unspecified atom stereocenters. The van der Waals surface area contributed by atoms with E-state index in [1.807, 2.05) is 0 Å². The summed E-state index contributed by atoms with van der Waals surface area (Å²) in [5, 5.41) is 20.7. The zero-order valence-corrected chi connectivity index (χ0v) is 11.4. The average Bonchev–Trinajstić information content (AvgIpc) is 2.74. The van der Waals surface area contributed by atoms with Gasteiger partial charge in [-0.15, -0.1) is 0 Å². The number of nitro groups is 1. The molecule has 0 amide bonds. The molecule has 5 N–H and O–H groups in total. The fourth-order valence-corrected chi connectivity index (χ4v) is 2.49. The van der Waals surface area contributed by atoms with E-state index in [1.54, 1.807) is 17.8 Å². The van der Waals surface area contributed by atoms with Crippen molar-refractivity contribution in [3.05, 3.63) is 34.0 Å². The van der Waals surface area contributed by atoms with Crippen LogP contribution in [0.4, 0.5) is 11.4 Å². The van der Waals surface area contributed by atoms with Crippen LogP contribution in [-0.2, 0) is 18.3 Å². The summed E-state index contributed by atoms with van der Waals surface area (Å²) in [6.07, 6.45) is 1.84. The number of carboxylic acid groups (broad SMARTS) is 1. The second kappa shape index (κ2) is 5.41. The molecular weight excluding hydrogens is 276 g/mol. The number of hydrogen-bond donors (Lipinski definition) is 3. The highest BCUT2D eigenvalue weighted by atomic mass is 16.6. The maximum Gasteiger partial charge on any atom is 0.308 e. The number of nitrogen functional groups attached to an aromatic ring is 1. The molecule has 1 aromatic carbocycles. The van der Waals surface area contributed by atoms with E-state index >= 15 is 0 Å². The van der Waals surface area contributed by atoms with Gasteiger partial charge in [0.2, 0.25) is 0 Å². The summed E-state index contributed by atoms with van der Waals surface area (Å²) in [5.74, 6) is -1.76. The molecule has 1 aromatic heterocycles. The van der Waals surface area contributed by atoms with Crippen LogP contribution in [0.3, 0.4) is 0 Å². The molecule has 2 rings (SSSR count). The third-order valence-corrected chi connectivity index (χ3v) is 3.51. The number of anilines is 1. The van der Waals surface area contributed by atoms with E-state index < -0.39 is 16.8 Å². The van der Waals surface area contributed by atoms with Gasteiger partial charge in [-0.25, -0.2) is 0 Å². The molecule has 0 aliphatic carbocycles. The highest BCUT2D eigenvalue weighted by Crippen LogP contribution is 2.34. The van der Waals surface area contributed by atoms with E-state index in [0.29, 0.717) is 22.2 Å². The Kier molecular flexibility index (Phi) is 3.81. The fourth-order valence-electron chi connectivity index (χ4n) is 2.49. The summed E-state index contributed by atoms with van der Waals surface area (Å²) < 4.78 is 1.59. The van der Waals surface area contributed by atoms with E-state index in [9.17, 15) is 14.9 Å². The van der Waals surface area contributed by atoms with Crippen LogP contribution in [0.1, 0.15) is 5.56 Å². The Hall–Kier alpha value is -2.61. The first-order valence-electron chi connectivity index (χ1n) is 6.30. The lowest BCUT2D eigenvalue weighted by molar-refractivity contribution is -0.383. The van der Waals surface area contributed by atoms with Crippen LogP contribution in [0.15, 0.2) is 18.3 Å². The van der Waals surface area contributed by atoms with Gasteiger partial charge in [0, 0.05) is 36.9 Å². The van der Waals surface area contributed by atoms with Gasteiger partial charge in [-0.3, -0.25) is 14.9 Å². The van der Waals surface area contributed by atoms with Gasteiger partial charge in [0.15, 0.2) is 0 Å². The second-order valence-electron chi connectivity index (χ2n) is 4.89. The minimum Gasteiger partial charge on any atom is -0.481 e. The van der Waals surface area contributed by atoms with E-state index in [4.69, 9.17) is 16.6 Å². The molecule has 0 aliphatic rings. The molecule has 0 saturated heterocycles. The van der Waals surface area contributed by atoms with Crippen molar-refractivity contribution in [1.29, 1.82) is 0 Å². The van der Waals surface area contributed by atoms with Crippen molar-refractivity contribution < 1.29 is 14.8 Å². The molecular formula is C13H16N4O4. The molecule has 2 aromatic rings. The molecule has 0 bridgehead atoms. The Labute approximate surface area is 120 Å². The van der Waals surface area contributed by atoms with Crippen molar-refractivity contribution in [2.45, 2.75) is 6.42 Å². The lowest BCUT2D eigenvalue weighted by Crippen LogP contribution is -2.25. The zero-order chi connectivity index (χ0) is 15.7. The van der Waals surface area contributed by atoms with Gasteiger partial charge in [0.05, 0.1) is 10.8 Å². The number of non-ortho nitro benzene ring substituents is 1. The van der Waals surface area contributed by atoms with Gasteiger partial charge in [-0.1, -0.05) is 0 Å². The number of nitrogens with zero attached hydrogens (tertiary/aromatic N) is 2. The van der Waals surface area contributed by atoms with Crippen LogP contribution in [-0.4, -0.2) is 27.1 Å². The normalized spacial score (nSPS) is 12.5. The zero-order valence-electron chi connectivity index (χ0n) is 11.4. The first kappa shape index (κ1) is 14.8. The third-order valence-electron chi connectivity index (χ3n) is 3.51. The molecule has 0 radical (unpaired) electrons. The Morgan fingerprint density at radius 3 is 2.71 bits per heavy atom. The number of carbonyl (C=O) groups is 1. The predicted molar refractivity (Wildman–Crippen MR) is 77.9 cm³/mol. The highest BCUT2D eigenvalue weighted by Gasteiger charge is 2.23. The molecule has 8 heteroatoms. The number of nitrogens with two attached hydrogens (primary N) is 2. The van der Waals surface area contributed by atoms with Gasteiger partial charge in [0.1, 0.15) is 5.52 Å².